The molecule has 132 valence electrons. The summed E-state index contributed by atoms with van der Waals surface area (Å²) in [6, 6.07) is 20.3. The zero-order valence-corrected chi connectivity index (χ0v) is 15.2. The molecule has 4 heteroatoms. The van der Waals surface area contributed by atoms with E-state index >= 15 is 0 Å². The number of carbonyl (C=O) groups is 1. The predicted octanol–water partition coefficient (Wildman–Crippen LogP) is 4.10. The van der Waals surface area contributed by atoms with E-state index in [0.29, 0.717) is 18.7 Å². The van der Waals surface area contributed by atoms with Crippen LogP contribution < -0.4 is 5.32 Å². The number of nitrogens with one attached hydrogen (secondary N) is 1. The first-order chi connectivity index (χ1) is 12.6. The van der Waals surface area contributed by atoms with Gasteiger partial charge in [-0.1, -0.05) is 67.2 Å². The van der Waals surface area contributed by atoms with Crippen molar-refractivity contribution >= 4 is 5.91 Å². The summed E-state index contributed by atoms with van der Waals surface area (Å²) in [4.78, 5) is 16.8. The zero-order chi connectivity index (χ0) is 18.5. The standard InChI is InChI=1S/C22H23N3O/c1-16(2)22(26)23-14-20-21(19-12-8-5-9-13-19)24-17(3)25(20)15-18-10-6-4-7-11-18/h4-13H,1,14-15H2,2-3H3,(H,23,26). The predicted molar refractivity (Wildman–Crippen MR) is 105 cm³/mol. The van der Waals surface area contributed by atoms with Crippen LogP contribution in [0.2, 0.25) is 0 Å². The molecule has 2 aromatic carbocycles. The summed E-state index contributed by atoms with van der Waals surface area (Å²) in [6.07, 6.45) is 0. The molecule has 0 radical (unpaired) electrons. The van der Waals surface area contributed by atoms with E-state index in [9.17, 15) is 4.79 Å². The lowest BCUT2D eigenvalue weighted by atomic mass is 10.1. The Morgan fingerprint density at radius 3 is 2.31 bits per heavy atom. The van der Waals surface area contributed by atoms with Crippen molar-refractivity contribution in [1.82, 2.24) is 14.9 Å². The number of hydrogen-bond donors (Lipinski definition) is 1. The minimum Gasteiger partial charge on any atom is -0.347 e. The zero-order valence-electron chi connectivity index (χ0n) is 15.2. The molecule has 1 amide bonds. The van der Waals surface area contributed by atoms with Gasteiger partial charge in [0.1, 0.15) is 5.82 Å². The molecule has 0 unspecified atom stereocenters. The number of carbonyl (C=O) groups excluding carboxylic acids is 1. The second kappa shape index (κ2) is 7.83. The Hall–Kier alpha value is -3.14. The second-order valence-electron chi connectivity index (χ2n) is 6.36. The van der Waals surface area contributed by atoms with Gasteiger partial charge in [-0.2, -0.15) is 0 Å². The first kappa shape index (κ1) is 17.7. The average molecular weight is 345 g/mol. The van der Waals surface area contributed by atoms with Crippen LogP contribution in [0.1, 0.15) is 24.0 Å². The van der Waals surface area contributed by atoms with E-state index < -0.39 is 0 Å². The van der Waals surface area contributed by atoms with Gasteiger partial charge in [0.05, 0.1) is 17.9 Å². The van der Waals surface area contributed by atoms with E-state index in [2.05, 4.69) is 28.6 Å². The smallest absolute Gasteiger partial charge is 0.246 e. The summed E-state index contributed by atoms with van der Waals surface area (Å²) in [6.45, 7) is 8.54. The Balaban J connectivity index is 2.00. The van der Waals surface area contributed by atoms with Crippen molar-refractivity contribution in [2.24, 2.45) is 0 Å². The number of benzene rings is 2. The number of nitrogens with zero attached hydrogens (tertiary/aromatic N) is 2. The fraction of sp³-hybridized carbons (Fsp3) is 0.182. The number of aryl methyl sites for hydroxylation is 1. The van der Waals surface area contributed by atoms with Crippen molar-refractivity contribution in [3.05, 3.63) is 89.9 Å². The van der Waals surface area contributed by atoms with Gasteiger partial charge >= 0.3 is 0 Å². The molecule has 0 spiro atoms. The number of hydrogen-bond acceptors (Lipinski definition) is 2. The van der Waals surface area contributed by atoms with Crippen LogP contribution in [-0.4, -0.2) is 15.5 Å². The maximum Gasteiger partial charge on any atom is 0.246 e. The van der Waals surface area contributed by atoms with Crippen molar-refractivity contribution in [1.29, 1.82) is 0 Å². The molecule has 4 nitrogen and oxygen atoms in total. The van der Waals surface area contributed by atoms with Crippen LogP contribution in [-0.2, 0) is 17.9 Å². The first-order valence-corrected chi connectivity index (χ1v) is 8.65. The van der Waals surface area contributed by atoms with Gasteiger partial charge in [-0.3, -0.25) is 4.79 Å². The largest absolute Gasteiger partial charge is 0.347 e. The van der Waals surface area contributed by atoms with Crippen molar-refractivity contribution in [3.63, 3.8) is 0 Å². The highest BCUT2D eigenvalue weighted by atomic mass is 16.1. The normalized spacial score (nSPS) is 10.5. The molecule has 0 aliphatic heterocycles. The van der Waals surface area contributed by atoms with Crippen LogP contribution in [0.5, 0.6) is 0 Å². The van der Waals surface area contributed by atoms with Gasteiger partial charge in [-0.25, -0.2) is 4.98 Å². The SMILES string of the molecule is C=C(C)C(=O)NCc1c(-c2ccccc2)nc(C)n1Cc1ccccc1. The lowest BCUT2D eigenvalue weighted by molar-refractivity contribution is -0.117. The molecule has 0 saturated carbocycles. The Bertz CT molecular complexity index is 911. The Labute approximate surface area is 154 Å². The fourth-order valence-corrected chi connectivity index (χ4v) is 2.91. The van der Waals surface area contributed by atoms with Crippen LogP contribution >= 0.6 is 0 Å². The van der Waals surface area contributed by atoms with E-state index in [1.54, 1.807) is 6.92 Å². The van der Waals surface area contributed by atoms with Crippen molar-refractivity contribution in [2.75, 3.05) is 0 Å². The lowest BCUT2D eigenvalue weighted by Crippen LogP contribution is -2.25. The van der Waals surface area contributed by atoms with Crippen molar-refractivity contribution in [3.8, 4) is 11.3 Å². The van der Waals surface area contributed by atoms with E-state index in [1.807, 2.05) is 55.5 Å². The summed E-state index contributed by atoms with van der Waals surface area (Å²) in [7, 11) is 0. The summed E-state index contributed by atoms with van der Waals surface area (Å²) in [5.74, 6) is 0.779. The third kappa shape index (κ3) is 3.91. The van der Waals surface area contributed by atoms with E-state index in [-0.39, 0.29) is 5.91 Å². The third-order valence-electron chi connectivity index (χ3n) is 4.30. The maximum atomic E-state index is 12.0. The molecular formula is C22H23N3O. The van der Waals surface area contributed by atoms with Crippen molar-refractivity contribution < 1.29 is 4.79 Å². The highest BCUT2D eigenvalue weighted by molar-refractivity contribution is 5.92. The molecular weight excluding hydrogens is 322 g/mol. The Morgan fingerprint density at radius 2 is 1.69 bits per heavy atom. The van der Waals surface area contributed by atoms with Crippen LogP contribution in [0.15, 0.2) is 72.8 Å². The van der Waals surface area contributed by atoms with Crippen LogP contribution in [0.3, 0.4) is 0 Å². The van der Waals surface area contributed by atoms with E-state index in [1.165, 1.54) is 5.56 Å². The molecule has 1 aromatic heterocycles. The highest BCUT2D eigenvalue weighted by Gasteiger charge is 2.17. The quantitative estimate of drug-likeness (QED) is 0.684. The number of amides is 1. The Morgan fingerprint density at radius 1 is 1.08 bits per heavy atom. The molecule has 0 bridgehead atoms. The number of aromatic nitrogens is 2. The lowest BCUT2D eigenvalue weighted by Gasteiger charge is -2.13. The van der Waals surface area contributed by atoms with Gasteiger partial charge in [0.15, 0.2) is 0 Å². The molecule has 0 atom stereocenters. The second-order valence-corrected chi connectivity index (χ2v) is 6.36. The highest BCUT2D eigenvalue weighted by Crippen LogP contribution is 2.25. The summed E-state index contributed by atoms with van der Waals surface area (Å²) in [5.41, 5.74) is 4.63. The first-order valence-electron chi connectivity index (χ1n) is 8.65. The third-order valence-corrected chi connectivity index (χ3v) is 4.30. The minimum atomic E-state index is -0.144. The molecule has 0 aliphatic carbocycles. The van der Waals surface area contributed by atoms with E-state index in [4.69, 9.17) is 4.98 Å². The molecule has 0 fully saturated rings. The molecule has 0 saturated heterocycles. The minimum absolute atomic E-state index is 0.144. The molecule has 3 aromatic rings. The van der Waals surface area contributed by atoms with Crippen molar-refractivity contribution in [2.45, 2.75) is 26.9 Å². The molecule has 1 heterocycles. The van der Waals surface area contributed by atoms with Gasteiger partial charge in [-0.15, -0.1) is 0 Å². The fourth-order valence-electron chi connectivity index (χ4n) is 2.91. The topological polar surface area (TPSA) is 46.9 Å². The van der Waals surface area contributed by atoms with Crippen LogP contribution in [0, 0.1) is 6.92 Å². The van der Waals surface area contributed by atoms with Crippen LogP contribution in [0.25, 0.3) is 11.3 Å². The Kier molecular flexibility index (Phi) is 5.32. The summed E-state index contributed by atoms with van der Waals surface area (Å²) < 4.78 is 2.16. The van der Waals surface area contributed by atoms with Gasteiger partial charge in [0.2, 0.25) is 5.91 Å². The molecule has 3 rings (SSSR count). The summed E-state index contributed by atoms with van der Waals surface area (Å²) in [5, 5.41) is 2.95. The number of imidazole rings is 1. The number of rotatable bonds is 6. The van der Waals surface area contributed by atoms with Crippen LogP contribution in [0.4, 0.5) is 0 Å². The molecule has 0 aliphatic rings. The monoisotopic (exact) mass is 345 g/mol. The molecule has 1 N–H and O–H groups in total. The van der Waals surface area contributed by atoms with Gasteiger partial charge in [0, 0.05) is 17.7 Å². The van der Waals surface area contributed by atoms with Gasteiger partial charge in [0.25, 0.3) is 0 Å². The summed E-state index contributed by atoms with van der Waals surface area (Å²) >= 11 is 0. The molecule has 26 heavy (non-hydrogen) atoms. The van der Waals surface area contributed by atoms with Gasteiger partial charge < -0.3 is 9.88 Å². The van der Waals surface area contributed by atoms with Gasteiger partial charge in [-0.05, 0) is 19.4 Å². The average Bonchev–Trinajstić information content (AvgIpc) is 2.97. The maximum absolute atomic E-state index is 12.0. The van der Waals surface area contributed by atoms with E-state index in [0.717, 1.165) is 22.8 Å².